The van der Waals surface area contributed by atoms with Gasteiger partial charge in [0.25, 0.3) is 5.91 Å². The summed E-state index contributed by atoms with van der Waals surface area (Å²) in [4.78, 5) is 24.6. The van der Waals surface area contributed by atoms with Crippen LogP contribution in [-0.2, 0) is 4.79 Å². The molecule has 3 aromatic carbocycles. The normalized spacial score (nSPS) is 11.8. The smallest absolute Gasteiger partial charge is 0.255 e. The Bertz CT molecular complexity index is 1300. The molecule has 2 amide bonds. The van der Waals surface area contributed by atoms with Gasteiger partial charge in [0.15, 0.2) is 0 Å². The predicted molar refractivity (Wildman–Crippen MR) is 130 cm³/mol. The van der Waals surface area contributed by atoms with Gasteiger partial charge in [0.05, 0.1) is 17.9 Å². The first-order valence-corrected chi connectivity index (χ1v) is 10.7. The zero-order valence-corrected chi connectivity index (χ0v) is 18.5. The highest BCUT2D eigenvalue weighted by atomic mass is 19.1. The zero-order chi connectivity index (χ0) is 23.9. The van der Waals surface area contributed by atoms with Gasteiger partial charge in [-0.05, 0) is 67.1 Å². The molecule has 170 valence electrons. The van der Waals surface area contributed by atoms with Crippen LogP contribution in [-0.4, -0.2) is 21.6 Å². The van der Waals surface area contributed by atoms with Crippen molar-refractivity contribution >= 4 is 23.6 Å². The number of amides is 2. The summed E-state index contributed by atoms with van der Waals surface area (Å²) in [7, 11) is 0. The maximum absolute atomic E-state index is 13.0. The van der Waals surface area contributed by atoms with E-state index in [-0.39, 0.29) is 17.9 Å². The second kappa shape index (κ2) is 10.4. The quantitative estimate of drug-likeness (QED) is 0.379. The Morgan fingerprint density at radius 3 is 2.38 bits per heavy atom. The Labute approximate surface area is 196 Å². The van der Waals surface area contributed by atoms with Crippen molar-refractivity contribution < 1.29 is 14.0 Å². The fraction of sp³-hybridized carbons (Fsp3) is 0.0741. The lowest BCUT2D eigenvalue weighted by atomic mass is 10.1. The van der Waals surface area contributed by atoms with E-state index in [1.807, 2.05) is 55.6 Å². The van der Waals surface area contributed by atoms with Crippen LogP contribution < -0.4 is 10.6 Å². The lowest BCUT2D eigenvalue weighted by molar-refractivity contribution is -0.117. The average Bonchev–Trinajstić information content (AvgIpc) is 3.33. The minimum atomic E-state index is -0.394. The third-order valence-corrected chi connectivity index (χ3v) is 5.18. The summed E-state index contributed by atoms with van der Waals surface area (Å²) in [5, 5.41) is 10.0. The van der Waals surface area contributed by atoms with Gasteiger partial charge in [0.2, 0.25) is 5.91 Å². The van der Waals surface area contributed by atoms with Gasteiger partial charge >= 0.3 is 0 Å². The molecule has 4 rings (SSSR count). The van der Waals surface area contributed by atoms with Crippen LogP contribution in [0.3, 0.4) is 0 Å². The summed E-state index contributed by atoms with van der Waals surface area (Å²) in [6.45, 7) is 1.88. The Morgan fingerprint density at radius 1 is 0.971 bits per heavy atom. The third kappa shape index (κ3) is 5.83. The van der Waals surface area contributed by atoms with Gasteiger partial charge in [-0.3, -0.25) is 9.59 Å². The molecule has 0 fully saturated rings. The minimum Gasteiger partial charge on any atom is -0.346 e. The molecule has 1 aromatic heterocycles. The number of aromatic nitrogens is 2. The molecule has 7 heteroatoms. The van der Waals surface area contributed by atoms with Gasteiger partial charge < -0.3 is 10.6 Å². The monoisotopic (exact) mass is 454 g/mol. The van der Waals surface area contributed by atoms with Crippen LogP contribution in [0.25, 0.3) is 11.8 Å². The highest BCUT2D eigenvalue weighted by Gasteiger charge is 2.10. The predicted octanol–water partition coefficient (Wildman–Crippen LogP) is 5.15. The van der Waals surface area contributed by atoms with Crippen molar-refractivity contribution in [3.05, 3.63) is 120 Å². The number of carbonyl (C=O) groups excluding carboxylic acids is 2. The largest absolute Gasteiger partial charge is 0.346 e. The van der Waals surface area contributed by atoms with E-state index in [0.29, 0.717) is 11.3 Å². The first-order valence-electron chi connectivity index (χ1n) is 10.7. The van der Waals surface area contributed by atoms with Gasteiger partial charge in [-0.25, -0.2) is 9.07 Å². The molecule has 0 aliphatic carbocycles. The van der Waals surface area contributed by atoms with Gasteiger partial charge in [-0.15, -0.1) is 0 Å². The summed E-state index contributed by atoms with van der Waals surface area (Å²) in [6.07, 6.45) is 6.73. The van der Waals surface area contributed by atoms with Crippen LogP contribution in [0.15, 0.2) is 97.3 Å². The number of hydrogen-bond acceptors (Lipinski definition) is 3. The second-order valence-corrected chi connectivity index (χ2v) is 7.70. The molecular formula is C27H23FN4O2. The third-order valence-electron chi connectivity index (χ3n) is 5.18. The average molecular weight is 455 g/mol. The Morgan fingerprint density at radius 2 is 1.68 bits per heavy atom. The van der Waals surface area contributed by atoms with Crippen LogP contribution >= 0.6 is 0 Å². The number of para-hydroxylation sites is 1. The lowest BCUT2D eigenvalue weighted by Gasteiger charge is -2.14. The van der Waals surface area contributed by atoms with Crippen molar-refractivity contribution in [1.29, 1.82) is 0 Å². The summed E-state index contributed by atoms with van der Waals surface area (Å²) in [6, 6.07) is 22.0. The summed E-state index contributed by atoms with van der Waals surface area (Å²) in [5.41, 5.74) is 3.61. The molecule has 0 spiro atoms. The van der Waals surface area contributed by atoms with Gasteiger partial charge in [0.1, 0.15) is 5.82 Å². The zero-order valence-electron chi connectivity index (χ0n) is 18.5. The molecule has 0 saturated heterocycles. The number of carbonyl (C=O) groups is 2. The molecule has 0 radical (unpaired) electrons. The molecule has 34 heavy (non-hydrogen) atoms. The highest BCUT2D eigenvalue weighted by Crippen LogP contribution is 2.17. The van der Waals surface area contributed by atoms with E-state index >= 15 is 0 Å². The van der Waals surface area contributed by atoms with Gasteiger partial charge in [0, 0.05) is 29.1 Å². The molecule has 6 nitrogen and oxygen atoms in total. The molecule has 1 atom stereocenters. The molecule has 2 N–H and O–H groups in total. The molecule has 4 aromatic rings. The van der Waals surface area contributed by atoms with Gasteiger partial charge in [-0.2, -0.15) is 5.10 Å². The molecule has 0 aliphatic rings. The van der Waals surface area contributed by atoms with Crippen molar-refractivity contribution in [3.8, 4) is 5.69 Å². The van der Waals surface area contributed by atoms with Crippen LogP contribution in [0.1, 0.15) is 34.5 Å². The summed E-state index contributed by atoms with van der Waals surface area (Å²) >= 11 is 0. The Kier molecular flexibility index (Phi) is 6.93. The van der Waals surface area contributed by atoms with Crippen molar-refractivity contribution in [2.75, 3.05) is 5.32 Å². The van der Waals surface area contributed by atoms with E-state index in [2.05, 4.69) is 15.7 Å². The number of rotatable bonds is 7. The molecule has 1 unspecified atom stereocenters. The fourth-order valence-corrected chi connectivity index (χ4v) is 3.32. The topological polar surface area (TPSA) is 76.0 Å². The van der Waals surface area contributed by atoms with E-state index in [1.54, 1.807) is 29.1 Å². The van der Waals surface area contributed by atoms with Crippen LogP contribution in [0, 0.1) is 5.82 Å². The Hall–Kier alpha value is -4.52. The number of benzene rings is 3. The van der Waals surface area contributed by atoms with Crippen molar-refractivity contribution in [1.82, 2.24) is 15.1 Å². The second-order valence-electron chi connectivity index (χ2n) is 7.70. The molecule has 0 aliphatic heterocycles. The van der Waals surface area contributed by atoms with Crippen molar-refractivity contribution in [2.45, 2.75) is 13.0 Å². The first-order chi connectivity index (χ1) is 16.5. The van der Waals surface area contributed by atoms with E-state index in [9.17, 15) is 14.0 Å². The van der Waals surface area contributed by atoms with E-state index in [0.717, 1.165) is 16.8 Å². The summed E-state index contributed by atoms with van der Waals surface area (Å²) in [5.74, 6) is -0.947. The van der Waals surface area contributed by atoms with Crippen molar-refractivity contribution in [2.24, 2.45) is 0 Å². The molecule has 0 bridgehead atoms. The van der Waals surface area contributed by atoms with E-state index in [4.69, 9.17) is 0 Å². The lowest BCUT2D eigenvalue weighted by Crippen LogP contribution is -2.24. The molecule has 0 saturated carbocycles. The standard InChI is InChI=1S/C27H23FN4O2/c1-19(21-10-14-24(15-11-21)31-27(34)22-8-12-23(28)13-9-22)30-26(33)16-7-20-17-29-32(18-20)25-5-3-2-4-6-25/h2-19H,1H3,(H,30,33)(H,31,34)/b16-7+. The Balaban J connectivity index is 1.31. The summed E-state index contributed by atoms with van der Waals surface area (Å²) < 4.78 is 14.8. The number of hydrogen-bond donors (Lipinski definition) is 2. The molecule has 1 heterocycles. The highest BCUT2D eigenvalue weighted by molar-refractivity contribution is 6.04. The fourth-order valence-electron chi connectivity index (χ4n) is 3.32. The van der Waals surface area contributed by atoms with Crippen LogP contribution in [0.5, 0.6) is 0 Å². The number of halogens is 1. The molecular weight excluding hydrogens is 431 g/mol. The first kappa shape index (κ1) is 22.7. The number of nitrogens with zero attached hydrogens (tertiary/aromatic N) is 2. The maximum atomic E-state index is 13.0. The minimum absolute atomic E-state index is 0.228. The SMILES string of the molecule is CC(NC(=O)/C=C/c1cnn(-c2ccccc2)c1)c1ccc(NC(=O)c2ccc(F)cc2)cc1. The van der Waals surface area contributed by atoms with Crippen molar-refractivity contribution in [3.63, 3.8) is 0 Å². The van der Waals surface area contributed by atoms with Crippen LogP contribution in [0.2, 0.25) is 0 Å². The maximum Gasteiger partial charge on any atom is 0.255 e. The van der Waals surface area contributed by atoms with E-state index in [1.165, 1.54) is 30.3 Å². The number of nitrogens with one attached hydrogen (secondary N) is 2. The van der Waals surface area contributed by atoms with E-state index < -0.39 is 5.82 Å². The number of anilines is 1. The van der Waals surface area contributed by atoms with Crippen LogP contribution in [0.4, 0.5) is 10.1 Å². The van der Waals surface area contributed by atoms with Gasteiger partial charge in [-0.1, -0.05) is 30.3 Å².